The van der Waals surface area contributed by atoms with Crippen molar-refractivity contribution in [3.05, 3.63) is 23.2 Å². The molecule has 0 amide bonds. The summed E-state index contributed by atoms with van der Waals surface area (Å²) in [6.45, 7) is 0. The zero-order chi connectivity index (χ0) is 15.0. The lowest BCUT2D eigenvalue weighted by molar-refractivity contribution is -0.257. The van der Waals surface area contributed by atoms with Gasteiger partial charge in [-0.15, -0.1) is 0 Å². The molecule has 0 aromatic carbocycles. The summed E-state index contributed by atoms with van der Waals surface area (Å²) in [7, 11) is 0. The van der Waals surface area contributed by atoms with E-state index in [2.05, 4.69) is 4.74 Å². The molecule has 0 atom stereocenters. The molecular formula is C8F10O. The van der Waals surface area contributed by atoms with E-state index in [1.54, 1.807) is 0 Å². The molecular weight excluding hydrogens is 302 g/mol. The molecule has 11 heteroatoms. The molecule has 1 nitrogen and oxygen atoms in total. The molecule has 0 saturated carbocycles. The second kappa shape index (κ2) is 3.18. The zero-order valence-electron chi connectivity index (χ0n) is 8.19. The van der Waals surface area contributed by atoms with Crippen molar-refractivity contribution in [2.75, 3.05) is 0 Å². The summed E-state index contributed by atoms with van der Waals surface area (Å²) in [5, 5.41) is 0. The maximum atomic E-state index is 12.6. The van der Waals surface area contributed by atoms with Crippen LogP contribution in [0.25, 0.3) is 0 Å². The van der Waals surface area contributed by atoms with Crippen LogP contribution in [0.5, 0.6) is 0 Å². The minimum Gasteiger partial charge on any atom is -0.447 e. The first-order chi connectivity index (χ1) is 8.29. The molecule has 0 fully saturated rings. The Bertz CT molecular complexity index is 468. The third-order valence-corrected chi connectivity index (χ3v) is 2.51. The summed E-state index contributed by atoms with van der Waals surface area (Å²) < 4.78 is 128. The van der Waals surface area contributed by atoms with Gasteiger partial charge in [0.1, 0.15) is 0 Å². The molecule has 0 radical (unpaired) electrons. The first-order valence-corrected chi connectivity index (χ1v) is 4.30. The third kappa shape index (κ3) is 1.27. The van der Waals surface area contributed by atoms with Crippen molar-refractivity contribution < 1.29 is 48.6 Å². The van der Waals surface area contributed by atoms with Gasteiger partial charge in [-0.1, -0.05) is 0 Å². The van der Waals surface area contributed by atoms with Crippen LogP contribution in [-0.2, 0) is 4.74 Å². The Morgan fingerprint density at radius 1 is 0.526 bits per heavy atom. The van der Waals surface area contributed by atoms with E-state index in [0.29, 0.717) is 0 Å². The molecule has 0 unspecified atom stereocenters. The maximum absolute atomic E-state index is 12.6. The number of alkyl halides is 8. The molecule has 0 bridgehead atoms. The van der Waals surface area contributed by atoms with Crippen molar-refractivity contribution in [1.29, 1.82) is 0 Å². The number of hydrogen-bond donors (Lipinski definition) is 0. The van der Waals surface area contributed by atoms with Crippen molar-refractivity contribution in [3.63, 3.8) is 0 Å². The Morgan fingerprint density at radius 3 is 1.00 bits per heavy atom. The molecule has 2 aliphatic carbocycles. The van der Waals surface area contributed by atoms with Crippen molar-refractivity contribution in [1.82, 2.24) is 0 Å². The van der Waals surface area contributed by atoms with Crippen molar-refractivity contribution in [2.24, 2.45) is 0 Å². The van der Waals surface area contributed by atoms with Crippen molar-refractivity contribution >= 4 is 0 Å². The van der Waals surface area contributed by atoms with E-state index in [0.717, 1.165) is 0 Å². The predicted molar refractivity (Wildman–Crippen MR) is 37.1 cm³/mol. The highest BCUT2D eigenvalue weighted by Crippen LogP contribution is 2.61. The van der Waals surface area contributed by atoms with Gasteiger partial charge >= 0.3 is 23.7 Å². The van der Waals surface area contributed by atoms with Crippen molar-refractivity contribution in [2.45, 2.75) is 23.7 Å². The largest absolute Gasteiger partial charge is 0.447 e. The number of allylic oxidation sites excluding steroid dienone is 4. The summed E-state index contributed by atoms with van der Waals surface area (Å²) in [6.07, 6.45) is 0. The van der Waals surface area contributed by atoms with Gasteiger partial charge in [0.05, 0.1) is 0 Å². The van der Waals surface area contributed by atoms with E-state index >= 15 is 0 Å². The van der Waals surface area contributed by atoms with Gasteiger partial charge in [0.15, 0.2) is 0 Å². The number of halogens is 10. The van der Waals surface area contributed by atoms with E-state index in [1.807, 2.05) is 0 Å². The molecule has 2 rings (SSSR count). The highest BCUT2D eigenvalue weighted by atomic mass is 19.3. The summed E-state index contributed by atoms with van der Waals surface area (Å²) >= 11 is 0. The Morgan fingerprint density at radius 2 is 0.789 bits per heavy atom. The van der Waals surface area contributed by atoms with Gasteiger partial charge in [0, 0.05) is 0 Å². The second-order valence-corrected chi connectivity index (χ2v) is 3.69. The van der Waals surface area contributed by atoms with Crippen LogP contribution in [0.1, 0.15) is 0 Å². The molecule has 0 aliphatic heterocycles. The summed E-state index contributed by atoms with van der Waals surface area (Å²) in [5.74, 6) is -32.4. The van der Waals surface area contributed by atoms with Gasteiger partial charge in [-0.2, -0.15) is 35.1 Å². The van der Waals surface area contributed by atoms with Gasteiger partial charge in [-0.25, -0.2) is 8.78 Å². The minimum atomic E-state index is -5.33. The molecule has 0 aromatic rings. The van der Waals surface area contributed by atoms with E-state index in [1.165, 1.54) is 0 Å². The average molecular weight is 302 g/mol. The van der Waals surface area contributed by atoms with Crippen LogP contribution in [-0.4, -0.2) is 23.7 Å². The fraction of sp³-hybridized carbons (Fsp3) is 0.500. The summed E-state index contributed by atoms with van der Waals surface area (Å²) in [5.41, 5.74) is 0. The lowest BCUT2D eigenvalue weighted by Crippen LogP contribution is -2.57. The van der Waals surface area contributed by atoms with Crippen LogP contribution in [0, 0.1) is 0 Å². The Kier molecular flexibility index (Phi) is 2.34. The normalized spacial score (nSPS) is 29.8. The number of rotatable bonds is 2. The Hall–Kier alpha value is -1.42. The molecule has 0 saturated heterocycles. The van der Waals surface area contributed by atoms with Crippen LogP contribution in [0.3, 0.4) is 0 Å². The Labute approximate surface area is 96.7 Å². The van der Waals surface area contributed by atoms with Crippen LogP contribution >= 0.6 is 0 Å². The smallest absolute Gasteiger partial charge is 0.376 e. The van der Waals surface area contributed by atoms with Gasteiger partial charge < -0.3 is 4.74 Å². The summed E-state index contributed by atoms with van der Waals surface area (Å²) in [6, 6.07) is 0. The average Bonchev–Trinajstić information content (AvgIpc) is 2.27. The summed E-state index contributed by atoms with van der Waals surface area (Å²) in [4.78, 5) is 0. The number of hydrogen-bond acceptors (Lipinski definition) is 1. The molecule has 0 N–H and O–H groups in total. The molecule has 0 spiro atoms. The fourth-order valence-corrected chi connectivity index (χ4v) is 1.32. The van der Waals surface area contributed by atoms with Crippen LogP contribution < -0.4 is 0 Å². The Balaban J connectivity index is 2.37. The first kappa shape index (κ1) is 14.0. The van der Waals surface area contributed by atoms with Crippen LogP contribution in [0.2, 0.25) is 0 Å². The highest BCUT2D eigenvalue weighted by Gasteiger charge is 2.79. The lowest BCUT2D eigenvalue weighted by atomic mass is 9.93. The number of ether oxygens (including phenoxy) is 1. The van der Waals surface area contributed by atoms with E-state index in [-0.39, 0.29) is 0 Å². The minimum absolute atomic E-state index is 2.61. The predicted octanol–water partition coefficient (Wildman–Crippen LogP) is 3.93. The van der Waals surface area contributed by atoms with Gasteiger partial charge in [0.2, 0.25) is 23.2 Å². The van der Waals surface area contributed by atoms with Crippen molar-refractivity contribution in [3.8, 4) is 0 Å². The van der Waals surface area contributed by atoms with Crippen LogP contribution in [0.15, 0.2) is 23.2 Å². The molecule has 108 valence electrons. The molecule has 19 heavy (non-hydrogen) atoms. The standard InChI is InChI=1S/C8F10O/c9-1-3(7(15,16)5(1,11)12)19-4-2(10)6(13,14)8(4,17)18. The lowest BCUT2D eigenvalue weighted by Gasteiger charge is -2.40. The van der Waals surface area contributed by atoms with E-state index in [4.69, 9.17) is 0 Å². The third-order valence-electron chi connectivity index (χ3n) is 2.51. The quantitative estimate of drug-likeness (QED) is 0.702. The molecule has 2 aliphatic rings. The van der Waals surface area contributed by atoms with Crippen LogP contribution in [0.4, 0.5) is 43.9 Å². The first-order valence-electron chi connectivity index (χ1n) is 4.30. The maximum Gasteiger partial charge on any atom is 0.376 e. The van der Waals surface area contributed by atoms with E-state index in [9.17, 15) is 43.9 Å². The monoisotopic (exact) mass is 302 g/mol. The fourth-order valence-electron chi connectivity index (χ4n) is 1.32. The van der Waals surface area contributed by atoms with Gasteiger partial charge in [0.25, 0.3) is 0 Å². The zero-order valence-corrected chi connectivity index (χ0v) is 8.19. The van der Waals surface area contributed by atoms with Gasteiger partial charge in [-0.3, -0.25) is 0 Å². The highest BCUT2D eigenvalue weighted by molar-refractivity contribution is 5.41. The topological polar surface area (TPSA) is 9.23 Å². The van der Waals surface area contributed by atoms with Gasteiger partial charge in [-0.05, 0) is 0 Å². The molecule has 0 aromatic heterocycles. The second-order valence-electron chi connectivity index (χ2n) is 3.69. The molecule has 0 heterocycles. The SMILES string of the molecule is FC1=C(OC2=C(F)C(F)(F)C2(F)F)C(F)(F)C1(F)F. The van der Waals surface area contributed by atoms with E-state index < -0.39 is 46.9 Å².